The minimum Gasteiger partial charge on any atom is -0.366 e. The first-order valence-electron chi connectivity index (χ1n) is 8.49. The first kappa shape index (κ1) is 19.0. The summed E-state index contributed by atoms with van der Waals surface area (Å²) in [5, 5.41) is 0. The minimum atomic E-state index is -3.95. The second-order valence-corrected chi connectivity index (χ2v) is 8.37. The highest BCUT2D eigenvalue weighted by Gasteiger charge is 2.25. The molecule has 0 fully saturated rings. The van der Waals surface area contributed by atoms with Crippen molar-refractivity contribution in [1.82, 2.24) is 4.72 Å². The normalized spacial score (nSPS) is 16.0. The topological polar surface area (TPSA) is 106 Å². The van der Waals surface area contributed by atoms with Gasteiger partial charge in [0.05, 0.1) is 11.3 Å². The number of amides is 2. The van der Waals surface area contributed by atoms with Crippen LogP contribution in [0.3, 0.4) is 0 Å². The van der Waals surface area contributed by atoms with E-state index in [-0.39, 0.29) is 17.2 Å². The van der Waals surface area contributed by atoms with Gasteiger partial charge >= 0.3 is 0 Å². The first-order chi connectivity index (χ1) is 12.8. The number of benzene rings is 2. The van der Waals surface area contributed by atoms with Crippen LogP contribution < -0.4 is 10.5 Å². The van der Waals surface area contributed by atoms with Crippen molar-refractivity contribution in [2.24, 2.45) is 5.73 Å². The lowest BCUT2D eigenvalue weighted by Crippen LogP contribution is -2.33. The van der Waals surface area contributed by atoms with Crippen molar-refractivity contribution in [3.63, 3.8) is 0 Å². The summed E-state index contributed by atoms with van der Waals surface area (Å²) in [6.45, 7) is 0. The number of carbonyl (C=O) groups excluding carboxylic acids is 2. The Bertz CT molecular complexity index is 1000. The highest BCUT2D eigenvalue weighted by atomic mass is 32.2. The predicted molar refractivity (Wildman–Crippen MR) is 98.3 cm³/mol. The van der Waals surface area contributed by atoms with E-state index in [1.165, 1.54) is 5.56 Å². The molecule has 142 valence electrons. The number of hydrogen-bond acceptors (Lipinski definition) is 4. The number of nitrogens with one attached hydrogen (secondary N) is 1. The fraction of sp³-hybridized carbons (Fsp3) is 0.263. The van der Waals surface area contributed by atoms with Gasteiger partial charge in [0.15, 0.2) is 0 Å². The van der Waals surface area contributed by atoms with Gasteiger partial charge in [-0.25, -0.2) is 17.5 Å². The molecule has 1 aliphatic rings. The Morgan fingerprint density at radius 3 is 2.67 bits per heavy atom. The maximum atomic E-state index is 13.8. The molecule has 0 aromatic heterocycles. The Balaban J connectivity index is 1.67. The number of halogens is 1. The van der Waals surface area contributed by atoms with E-state index in [4.69, 9.17) is 5.73 Å². The van der Waals surface area contributed by atoms with Gasteiger partial charge in [-0.15, -0.1) is 0 Å². The third kappa shape index (κ3) is 4.33. The van der Waals surface area contributed by atoms with Crippen LogP contribution in [0, 0.1) is 5.82 Å². The molecule has 0 saturated carbocycles. The molecule has 27 heavy (non-hydrogen) atoms. The lowest BCUT2D eigenvalue weighted by Gasteiger charge is -2.13. The van der Waals surface area contributed by atoms with Crippen LogP contribution in [0.25, 0.3) is 0 Å². The largest absolute Gasteiger partial charge is 0.366 e. The molecule has 8 heteroatoms. The molecule has 1 unspecified atom stereocenters. The zero-order valence-corrected chi connectivity index (χ0v) is 15.3. The Kier molecular flexibility index (Phi) is 5.27. The van der Waals surface area contributed by atoms with Crippen molar-refractivity contribution in [3.8, 4) is 0 Å². The lowest BCUT2D eigenvalue weighted by atomic mass is 9.99. The summed E-state index contributed by atoms with van der Waals surface area (Å²) in [4.78, 5) is 23.3. The van der Waals surface area contributed by atoms with Crippen LogP contribution >= 0.6 is 0 Å². The Hall–Kier alpha value is -2.74. The van der Waals surface area contributed by atoms with Gasteiger partial charge < -0.3 is 5.73 Å². The Morgan fingerprint density at radius 2 is 1.93 bits per heavy atom. The van der Waals surface area contributed by atoms with Gasteiger partial charge in [-0.3, -0.25) is 9.59 Å². The molecule has 2 aromatic rings. The third-order valence-corrected chi connectivity index (χ3v) is 6.01. The van der Waals surface area contributed by atoms with E-state index in [1.807, 2.05) is 29.0 Å². The number of aryl methyl sites for hydroxylation is 1. The Morgan fingerprint density at radius 1 is 1.19 bits per heavy atom. The zero-order valence-electron chi connectivity index (χ0n) is 14.4. The van der Waals surface area contributed by atoms with Crippen molar-refractivity contribution < 1.29 is 22.4 Å². The molecule has 0 radical (unpaired) electrons. The number of fused-ring (bicyclic) bond motifs is 1. The molecule has 0 aliphatic heterocycles. The highest BCUT2D eigenvalue weighted by Crippen LogP contribution is 2.35. The van der Waals surface area contributed by atoms with Crippen LogP contribution in [-0.2, 0) is 16.4 Å². The van der Waals surface area contributed by atoms with Crippen LogP contribution in [0.1, 0.15) is 50.6 Å². The molecule has 2 amide bonds. The SMILES string of the molecule is NC(=O)c1ccc(F)c(C(=O)NS(=O)(=O)CCC2CCc3ccccc32)c1. The van der Waals surface area contributed by atoms with Crippen molar-refractivity contribution in [1.29, 1.82) is 0 Å². The number of primary amides is 1. The van der Waals surface area contributed by atoms with Gasteiger partial charge in [0.2, 0.25) is 15.9 Å². The maximum absolute atomic E-state index is 13.8. The molecule has 0 heterocycles. The minimum absolute atomic E-state index is 0.0819. The average molecular weight is 390 g/mol. The van der Waals surface area contributed by atoms with Gasteiger partial charge in [0.25, 0.3) is 5.91 Å². The molecule has 0 saturated heterocycles. The summed E-state index contributed by atoms with van der Waals surface area (Å²) < 4.78 is 40.3. The fourth-order valence-electron chi connectivity index (χ4n) is 3.34. The molecule has 2 aromatic carbocycles. The van der Waals surface area contributed by atoms with E-state index < -0.39 is 33.2 Å². The summed E-state index contributed by atoms with van der Waals surface area (Å²) >= 11 is 0. The summed E-state index contributed by atoms with van der Waals surface area (Å²) in [5.74, 6) is -3.04. The van der Waals surface area contributed by atoms with Crippen molar-refractivity contribution in [2.45, 2.75) is 25.2 Å². The van der Waals surface area contributed by atoms with E-state index in [0.717, 1.165) is 36.6 Å². The van der Waals surface area contributed by atoms with E-state index >= 15 is 0 Å². The Labute approximate surface area is 156 Å². The molecule has 3 N–H and O–H groups in total. The quantitative estimate of drug-likeness (QED) is 0.788. The predicted octanol–water partition coefficient (Wildman–Crippen LogP) is 2.10. The number of hydrogen-bond donors (Lipinski definition) is 2. The summed E-state index contributed by atoms with van der Waals surface area (Å²) in [7, 11) is -3.95. The van der Waals surface area contributed by atoms with E-state index in [2.05, 4.69) is 0 Å². The second kappa shape index (κ2) is 7.48. The highest BCUT2D eigenvalue weighted by molar-refractivity contribution is 7.90. The van der Waals surface area contributed by atoms with Gasteiger partial charge in [-0.1, -0.05) is 24.3 Å². The number of nitrogens with two attached hydrogens (primary N) is 1. The van der Waals surface area contributed by atoms with Crippen molar-refractivity contribution in [3.05, 3.63) is 70.5 Å². The molecular formula is C19H19FN2O4S. The molecule has 1 aliphatic carbocycles. The molecule has 0 spiro atoms. The van der Waals surface area contributed by atoms with Gasteiger partial charge in [0.1, 0.15) is 5.82 Å². The molecule has 0 bridgehead atoms. The third-order valence-electron chi connectivity index (χ3n) is 4.74. The van der Waals surface area contributed by atoms with E-state index in [0.29, 0.717) is 6.42 Å². The number of carbonyl (C=O) groups is 2. The molecule has 1 atom stereocenters. The van der Waals surface area contributed by atoms with Crippen LogP contribution in [0.2, 0.25) is 0 Å². The summed E-state index contributed by atoms with van der Waals surface area (Å²) in [6, 6.07) is 10.9. The van der Waals surface area contributed by atoms with Crippen LogP contribution in [-0.4, -0.2) is 26.0 Å². The van der Waals surface area contributed by atoms with Crippen molar-refractivity contribution >= 4 is 21.8 Å². The van der Waals surface area contributed by atoms with Crippen LogP contribution in [0.15, 0.2) is 42.5 Å². The van der Waals surface area contributed by atoms with Gasteiger partial charge in [0, 0.05) is 5.56 Å². The molecule has 6 nitrogen and oxygen atoms in total. The maximum Gasteiger partial charge on any atom is 0.267 e. The number of sulfonamides is 1. The van der Waals surface area contributed by atoms with Gasteiger partial charge in [-0.05, 0) is 54.5 Å². The zero-order chi connectivity index (χ0) is 19.6. The number of rotatable bonds is 6. The molecule has 3 rings (SSSR count). The smallest absolute Gasteiger partial charge is 0.267 e. The van der Waals surface area contributed by atoms with E-state index in [9.17, 15) is 22.4 Å². The standard InChI is InChI=1S/C19H19FN2O4S/c20-17-8-7-14(18(21)23)11-16(17)19(24)22-27(25,26)10-9-13-6-5-12-3-1-2-4-15(12)13/h1-4,7-8,11,13H,5-6,9-10H2,(H2,21,23)(H,22,24). The summed E-state index contributed by atoms with van der Waals surface area (Å²) in [5.41, 5.74) is 6.84. The first-order valence-corrected chi connectivity index (χ1v) is 10.1. The average Bonchev–Trinajstić information content (AvgIpc) is 3.03. The summed E-state index contributed by atoms with van der Waals surface area (Å²) in [6.07, 6.45) is 2.12. The second-order valence-electron chi connectivity index (χ2n) is 6.53. The van der Waals surface area contributed by atoms with Crippen LogP contribution in [0.5, 0.6) is 0 Å². The monoisotopic (exact) mass is 390 g/mol. The van der Waals surface area contributed by atoms with Gasteiger partial charge in [-0.2, -0.15) is 0 Å². The fourth-order valence-corrected chi connectivity index (χ4v) is 4.43. The van der Waals surface area contributed by atoms with Crippen LogP contribution in [0.4, 0.5) is 4.39 Å². The van der Waals surface area contributed by atoms with Crippen molar-refractivity contribution in [2.75, 3.05) is 5.75 Å². The lowest BCUT2D eigenvalue weighted by molar-refractivity contribution is 0.0977. The van der Waals surface area contributed by atoms with E-state index in [1.54, 1.807) is 0 Å². The molecular weight excluding hydrogens is 371 g/mol.